The molecule has 0 spiro atoms. The van der Waals surface area contributed by atoms with Crippen LogP contribution in [0.1, 0.15) is 36.3 Å². The Kier molecular flexibility index (Phi) is 5.78. The highest BCUT2D eigenvalue weighted by Gasteiger charge is 2.47. The molecule has 2 fully saturated rings. The van der Waals surface area contributed by atoms with Crippen LogP contribution in [0.3, 0.4) is 0 Å². The number of hydrogen-bond acceptors (Lipinski definition) is 5. The number of aliphatic carboxylic acids is 1. The Morgan fingerprint density at radius 1 is 1.06 bits per heavy atom. The molecule has 2 amide bonds. The summed E-state index contributed by atoms with van der Waals surface area (Å²) in [6.45, 7) is 0.974. The maximum atomic E-state index is 12.8. The average Bonchev–Trinajstić information content (AvgIpc) is 3.50. The van der Waals surface area contributed by atoms with Crippen LogP contribution in [-0.4, -0.2) is 64.2 Å². The molecule has 0 aromatic heterocycles. The van der Waals surface area contributed by atoms with Gasteiger partial charge in [-0.15, -0.1) is 11.8 Å². The average molecular weight is 467 g/mol. The van der Waals surface area contributed by atoms with Gasteiger partial charge in [-0.25, -0.2) is 4.79 Å². The first-order valence-electron chi connectivity index (χ1n) is 11.2. The number of ether oxygens (including phenoxy) is 1. The Hall–Kier alpha value is -3.00. The minimum atomic E-state index is -0.893. The largest absolute Gasteiger partial charge is 0.480 e. The number of thioether (sulfide) groups is 1. The first kappa shape index (κ1) is 21.8. The molecule has 2 aromatic rings. The van der Waals surface area contributed by atoms with E-state index in [2.05, 4.69) is 29.6 Å². The van der Waals surface area contributed by atoms with Gasteiger partial charge in [0.25, 0.3) is 0 Å². The number of nitrogens with one attached hydrogen (secondary N) is 1. The van der Waals surface area contributed by atoms with Gasteiger partial charge in [-0.05, 0) is 35.1 Å². The van der Waals surface area contributed by atoms with Crippen molar-refractivity contribution in [2.75, 3.05) is 25.4 Å². The van der Waals surface area contributed by atoms with Crippen LogP contribution in [-0.2, 0) is 14.3 Å². The number of amides is 2. The zero-order valence-corrected chi connectivity index (χ0v) is 19.0. The zero-order chi connectivity index (χ0) is 23.0. The molecule has 172 valence electrons. The molecule has 1 saturated carbocycles. The minimum absolute atomic E-state index is 0.0151. The highest BCUT2D eigenvalue weighted by atomic mass is 32.2. The van der Waals surface area contributed by atoms with Crippen molar-refractivity contribution >= 4 is 29.7 Å². The highest BCUT2D eigenvalue weighted by Crippen LogP contribution is 2.45. The summed E-state index contributed by atoms with van der Waals surface area (Å²) in [7, 11) is 0. The van der Waals surface area contributed by atoms with Crippen LogP contribution in [0.2, 0.25) is 0 Å². The normalized spacial score (nSPS) is 20.5. The fourth-order valence-electron chi connectivity index (χ4n) is 4.77. The SMILES string of the molecule is O=C(NC1(CC(=O)N2CCSC(C(=O)O)C2)CC1)OCC1c2ccccc2-c2ccccc21. The number of carbonyl (C=O) groups excluding carboxylic acids is 2. The maximum absolute atomic E-state index is 12.8. The number of rotatable bonds is 6. The molecule has 2 N–H and O–H groups in total. The molecule has 3 aliphatic rings. The number of nitrogens with zero attached hydrogens (tertiary/aromatic N) is 1. The van der Waals surface area contributed by atoms with E-state index in [1.807, 2.05) is 24.3 Å². The van der Waals surface area contributed by atoms with E-state index < -0.39 is 22.9 Å². The van der Waals surface area contributed by atoms with Crippen molar-refractivity contribution in [1.82, 2.24) is 10.2 Å². The molecule has 1 aliphatic heterocycles. The van der Waals surface area contributed by atoms with Gasteiger partial charge in [0.1, 0.15) is 11.9 Å². The summed E-state index contributed by atoms with van der Waals surface area (Å²) in [5.74, 6) is -0.415. The maximum Gasteiger partial charge on any atom is 0.407 e. The Bertz CT molecular complexity index is 1050. The van der Waals surface area contributed by atoms with Crippen molar-refractivity contribution in [3.63, 3.8) is 0 Å². The predicted octanol–water partition coefficient (Wildman–Crippen LogP) is 3.48. The molecule has 5 rings (SSSR count). The van der Waals surface area contributed by atoms with E-state index in [-0.39, 0.29) is 31.4 Å². The van der Waals surface area contributed by atoms with Crippen LogP contribution in [0.4, 0.5) is 4.79 Å². The van der Waals surface area contributed by atoms with Gasteiger partial charge in [0.2, 0.25) is 5.91 Å². The van der Waals surface area contributed by atoms with E-state index in [1.54, 1.807) is 4.90 Å². The molecular weight excluding hydrogens is 440 g/mol. The number of carbonyl (C=O) groups is 3. The summed E-state index contributed by atoms with van der Waals surface area (Å²) < 4.78 is 5.64. The molecule has 7 nitrogen and oxygen atoms in total. The van der Waals surface area contributed by atoms with Crippen molar-refractivity contribution in [2.24, 2.45) is 0 Å². The van der Waals surface area contributed by atoms with Crippen LogP contribution in [0.25, 0.3) is 11.1 Å². The topological polar surface area (TPSA) is 95.9 Å². The van der Waals surface area contributed by atoms with Crippen LogP contribution >= 0.6 is 11.8 Å². The lowest BCUT2D eigenvalue weighted by Crippen LogP contribution is -2.48. The van der Waals surface area contributed by atoms with E-state index in [0.717, 1.165) is 11.1 Å². The van der Waals surface area contributed by atoms with Gasteiger partial charge in [-0.3, -0.25) is 9.59 Å². The van der Waals surface area contributed by atoms with Gasteiger partial charge in [-0.1, -0.05) is 48.5 Å². The van der Waals surface area contributed by atoms with E-state index in [4.69, 9.17) is 4.74 Å². The molecule has 33 heavy (non-hydrogen) atoms. The summed E-state index contributed by atoms with van der Waals surface area (Å²) in [6, 6.07) is 16.3. The van der Waals surface area contributed by atoms with Crippen LogP contribution in [0.5, 0.6) is 0 Å². The summed E-state index contributed by atoms with van der Waals surface area (Å²) in [5, 5.41) is 11.6. The molecule has 1 heterocycles. The Morgan fingerprint density at radius 2 is 1.70 bits per heavy atom. The molecule has 8 heteroatoms. The second-order valence-corrected chi connectivity index (χ2v) is 10.3. The van der Waals surface area contributed by atoms with Crippen molar-refractivity contribution in [3.05, 3.63) is 59.7 Å². The first-order valence-corrected chi connectivity index (χ1v) is 12.3. The summed E-state index contributed by atoms with van der Waals surface area (Å²) in [4.78, 5) is 38.3. The van der Waals surface area contributed by atoms with Crippen molar-refractivity contribution in [2.45, 2.75) is 36.0 Å². The van der Waals surface area contributed by atoms with Crippen LogP contribution < -0.4 is 5.32 Å². The quantitative estimate of drug-likeness (QED) is 0.677. The molecule has 2 aliphatic carbocycles. The van der Waals surface area contributed by atoms with Gasteiger partial charge in [-0.2, -0.15) is 0 Å². The van der Waals surface area contributed by atoms with Gasteiger partial charge < -0.3 is 20.1 Å². The van der Waals surface area contributed by atoms with Crippen LogP contribution in [0, 0.1) is 0 Å². The van der Waals surface area contributed by atoms with E-state index in [9.17, 15) is 19.5 Å². The minimum Gasteiger partial charge on any atom is -0.480 e. The smallest absolute Gasteiger partial charge is 0.407 e. The van der Waals surface area contributed by atoms with Crippen molar-refractivity contribution < 1.29 is 24.2 Å². The lowest BCUT2D eigenvalue weighted by atomic mass is 9.98. The van der Waals surface area contributed by atoms with Crippen molar-refractivity contribution in [3.8, 4) is 11.1 Å². The second kappa shape index (κ2) is 8.74. The number of alkyl carbamates (subject to hydrolysis) is 1. The highest BCUT2D eigenvalue weighted by molar-refractivity contribution is 8.00. The summed E-state index contributed by atoms with van der Waals surface area (Å²) in [6.07, 6.45) is 1.09. The third kappa shape index (κ3) is 4.44. The predicted molar refractivity (Wildman–Crippen MR) is 125 cm³/mol. The standard InChI is InChI=1S/C25H26N2O5S/c28-22(27-11-12-33-21(14-27)23(29)30)13-25(9-10-25)26-24(31)32-15-20-18-7-3-1-5-16(18)17-6-2-4-8-19(17)20/h1-8,20-21H,9-15H2,(H,26,31)(H,29,30). The number of hydrogen-bond donors (Lipinski definition) is 2. The fraction of sp³-hybridized carbons (Fsp3) is 0.400. The van der Waals surface area contributed by atoms with E-state index in [1.165, 1.54) is 22.9 Å². The molecule has 1 saturated heterocycles. The van der Waals surface area contributed by atoms with Gasteiger partial charge in [0.05, 0.1) is 12.0 Å². The third-order valence-corrected chi connectivity index (χ3v) is 7.92. The number of carboxylic acids is 1. The lowest BCUT2D eigenvalue weighted by Gasteiger charge is -2.31. The van der Waals surface area contributed by atoms with E-state index in [0.29, 0.717) is 25.1 Å². The monoisotopic (exact) mass is 466 g/mol. The van der Waals surface area contributed by atoms with Crippen molar-refractivity contribution in [1.29, 1.82) is 0 Å². The molecule has 1 atom stereocenters. The fourth-order valence-corrected chi connectivity index (χ4v) is 5.81. The lowest BCUT2D eigenvalue weighted by molar-refractivity contribution is -0.138. The summed E-state index contributed by atoms with van der Waals surface area (Å²) >= 11 is 1.36. The second-order valence-electron chi connectivity index (χ2n) is 8.95. The molecule has 0 bridgehead atoms. The third-order valence-electron chi connectivity index (χ3n) is 6.75. The number of fused-ring (bicyclic) bond motifs is 3. The molecule has 1 unspecified atom stereocenters. The first-order chi connectivity index (χ1) is 16.0. The summed E-state index contributed by atoms with van der Waals surface area (Å²) in [5.41, 5.74) is 4.07. The van der Waals surface area contributed by atoms with Gasteiger partial charge >= 0.3 is 12.1 Å². The Morgan fingerprint density at radius 3 is 2.30 bits per heavy atom. The van der Waals surface area contributed by atoms with Gasteiger partial charge in [0, 0.05) is 24.8 Å². The molecule has 2 aromatic carbocycles. The Balaban J connectivity index is 1.18. The van der Waals surface area contributed by atoms with Crippen LogP contribution in [0.15, 0.2) is 48.5 Å². The zero-order valence-electron chi connectivity index (χ0n) is 18.2. The van der Waals surface area contributed by atoms with E-state index >= 15 is 0 Å². The number of carboxylic acid groups (broad SMARTS) is 1. The molecule has 0 radical (unpaired) electrons. The van der Waals surface area contributed by atoms with Gasteiger partial charge in [0.15, 0.2) is 0 Å². The Labute approximate surface area is 196 Å². The molecular formula is C25H26N2O5S. The number of benzene rings is 2.